The third kappa shape index (κ3) is 4.38. The Labute approximate surface area is 173 Å². The summed E-state index contributed by atoms with van der Waals surface area (Å²) in [7, 11) is 0. The first-order valence-corrected chi connectivity index (χ1v) is 9.38. The number of carbonyl (C=O) groups is 4. The number of nitrogens with zero attached hydrogens (tertiary/aromatic N) is 1. The van der Waals surface area contributed by atoms with Crippen LogP contribution in [0.1, 0.15) is 24.5 Å². The molecular formula is C22H21N3O5. The third-order valence-electron chi connectivity index (χ3n) is 4.68. The number of urea groups is 1. The van der Waals surface area contributed by atoms with E-state index in [2.05, 4.69) is 10.7 Å². The molecule has 1 fully saturated rings. The number of benzene rings is 2. The second-order valence-corrected chi connectivity index (χ2v) is 6.58. The van der Waals surface area contributed by atoms with Crippen LogP contribution in [0, 0.1) is 0 Å². The van der Waals surface area contributed by atoms with Crippen LogP contribution in [0.5, 0.6) is 0 Å². The van der Waals surface area contributed by atoms with Crippen molar-refractivity contribution in [2.24, 2.45) is 0 Å². The van der Waals surface area contributed by atoms with Crippen molar-refractivity contribution in [3.63, 3.8) is 0 Å². The summed E-state index contributed by atoms with van der Waals surface area (Å²) in [5, 5.41) is 3.26. The highest BCUT2D eigenvalue weighted by atomic mass is 16.5. The van der Waals surface area contributed by atoms with Crippen LogP contribution in [0.15, 0.2) is 66.7 Å². The molecule has 3 rings (SSSR count). The SMILES string of the molecule is CC[C@]1(c2ccccc2)NC(=O)N(NC(=O)COC(=O)/C=C/c2ccccc2)C1=O. The number of hydrogen-bond donors (Lipinski definition) is 2. The highest BCUT2D eigenvalue weighted by Gasteiger charge is 2.52. The summed E-state index contributed by atoms with van der Waals surface area (Å²) in [5.41, 5.74) is 2.35. The second kappa shape index (κ2) is 9.04. The maximum atomic E-state index is 12.9. The van der Waals surface area contributed by atoms with E-state index in [4.69, 9.17) is 4.74 Å². The molecule has 0 radical (unpaired) electrons. The van der Waals surface area contributed by atoms with E-state index in [0.717, 1.165) is 5.56 Å². The van der Waals surface area contributed by atoms with E-state index < -0.39 is 36.0 Å². The van der Waals surface area contributed by atoms with E-state index in [1.807, 2.05) is 18.2 Å². The lowest BCUT2D eigenvalue weighted by molar-refractivity contribution is -0.147. The minimum absolute atomic E-state index is 0.299. The summed E-state index contributed by atoms with van der Waals surface area (Å²) in [6.07, 6.45) is 3.04. The predicted octanol–water partition coefficient (Wildman–Crippen LogP) is 2.13. The van der Waals surface area contributed by atoms with E-state index >= 15 is 0 Å². The van der Waals surface area contributed by atoms with Crippen LogP contribution in [0.25, 0.3) is 6.08 Å². The normalized spacial score (nSPS) is 18.4. The highest BCUT2D eigenvalue weighted by Crippen LogP contribution is 2.31. The first kappa shape index (κ1) is 20.8. The predicted molar refractivity (Wildman–Crippen MR) is 108 cm³/mol. The summed E-state index contributed by atoms with van der Waals surface area (Å²) < 4.78 is 4.86. The fraction of sp³-hybridized carbons (Fsp3) is 0.182. The molecule has 1 aliphatic rings. The van der Waals surface area contributed by atoms with E-state index in [9.17, 15) is 19.2 Å². The summed E-state index contributed by atoms with van der Waals surface area (Å²) in [6.45, 7) is 1.12. The maximum absolute atomic E-state index is 12.9. The molecule has 2 aromatic carbocycles. The fourth-order valence-corrected chi connectivity index (χ4v) is 3.11. The van der Waals surface area contributed by atoms with Crippen molar-refractivity contribution >= 4 is 29.9 Å². The Bertz CT molecular complexity index is 975. The summed E-state index contributed by atoms with van der Waals surface area (Å²) in [6, 6.07) is 17.1. The second-order valence-electron chi connectivity index (χ2n) is 6.58. The number of esters is 1. The Morgan fingerprint density at radius 1 is 1.07 bits per heavy atom. The van der Waals surface area contributed by atoms with Gasteiger partial charge in [0.1, 0.15) is 5.54 Å². The maximum Gasteiger partial charge on any atom is 0.344 e. The molecule has 2 aromatic rings. The van der Waals surface area contributed by atoms with Gasteiger partial charge in [-0.2, -0.15) is 5.01 Å². The van der Waals surface area contributed by atoms with Crippen molar-refractivity contribution in [2.45, 2.75) is 18.9 Å². The lowest BCUT2D eigenvalue weighted by Gasteiger charge is -2.25. The van der Waals surface area contributed by atoms with Crippen molar-refractivity contribution in [3.8, 4) is 0 Å². The Kier molecular flexibility index (Phi) is 6.26. The van der Waals surface area contributed by atoms with Crippen LogP contribution >= 0.6 is 0 Å². The summed E-state index contributed by atoms with van der Waals surface area (Å²) >= 11 is 0. The van der Waals surface area contributed by atoms with Crippen LogP contribution in [0.4, 0.5) is 4.79 Å². The van der Waals surface area contributed by atoms with E-state index in [0.29, 0.717) is 17.0 Å². The number of rotatable bonds is 7. The standard InChI is InChI=1S/C22H21N3O5/c1-2-22(17-11-7-4-8-12-17)20(28)25(21(29)23-22)24-18(26)15-30-19(27)14-13-16-9-5-3-6-10-16/h3-14H,2,15H2,1H3,(H,23,29)(H,24,26)/b14-13+/t22-/m1/s1. The van der Waals surface area contributed by atoms with E-state index in [1.165, 1.54) is 6.08 Å². The van der Waals surface area contributed by atoms with Gasteiger partial charge < -0.3 is 10.1 Å². The Balaban J connectivity index is 1.58. The third-order valence-corrected chi connectivity index (χ3v) is 4.68. The molecule has 1 atom stereocenters. The molecule has 154 valence electrons. The largest absolute Gasteiger partial charge is 0.452 e. The van der Waals surface area contributed by atoms with E-state index in [-0.39, 0.29) is 0 Å². The molecule has 2 N–H and O–H groups in total. The molecular weight excluding hydrogens is 386 g/mol. The van der Waals surface area contributed by atoms with Crippen molar-refractivity contribution in [1.82, 2.24) is 15.8 Å². The molecule has 8 nitrogen and oxygen atoms in total. The molecule has 0 spiro atoms. The summed E-state index contributed by atoms with van der Waals surface area (Å²) in [5.74, 6) is -2.14. The van der Waals surface area contributed by atoms with Crippen molar-refractivity contribution < 1.29 is 23.9 Å². The van der Waals surface area contributed by atoms with Gasteiger partial charge in [-0.15, -0.1) is 0 Å². The van der Waals surface area contributed by atoms with Crippen molar-refractivity contribution in [1.29, 1.82) is 0 Å². The zero-order valence-electron chi connectivity index (χ0n) is 16.3. The molecule has 0 aliphatic carbocycles. The number of ether oxygens (including phenoxy) is 1. The van der Waals surface area contributed by atoms with Crippen molar-refractivity contribution in [3.05, 3.63) is 77.9 Å². The van der Waals surface area contributed by atoms with Crippen LogP contribution < -0.4 is 10.7 Å². The quantitative estimate of drug-likeness (QED) is 0.416. The molecule has 1 heterocycles. The smallest absolute Gasteiger partial charge is 0.344 e. The Morgan fingerprint density at radius 2 is 1.70 bits per heavy atom. The van der Waals surface area contributed by atoms with Gasteiger partial charge in [-0.3, -0.25) is 15.0 Å². The number of amides is 4. The number of hydrazine groups is 1. The van der Waals surface area contributed by atoms with Crippen LogP contribution in [-0.2, 0) is 24.7 Å². The molecule has 4 amide bonds. The number of carbonyl (C=O) groups excluding carboxylic acids is 4. The van der Waals surface area contributed by atoms with Crippen LogP contribution in [0.2, 0.25) is 0 Å². The van der Waals surface area contributed by atoms with Crippen molar-refractivity contribution in [2.75, 3.05) is 6.61 Å². The van der Waals surface area contributed by atoms with Gasteiger partial charge in [0.25, 0.3) is 11.8 Å². The molecule has 0 saturated carbocycles. The van der Waals surface area contributed by atoms with Crippen LogP contribution in [-0.4, -0.2) is 35.4 Å². The van der Waals surface area contributed by atoms with Gasteiger partial charge >= 0.3 is 12.0 Å². The minimum atomic E-state index is -1.26. The van der Waals surface area contributed by atoms with Gasteiger partial charge in [0.15, 0.2) is 6.61 Å². The van der Waals surface area contributed by atoms with Gasteiger partial charge in [0, 0.05) is 6.08 Å². The zero-order valence-corrected chi connectivity index (χ0v) is 16.3. The molecule has 1 aliphatic heterocycles. The topological polar surface area (TPSA) is 105 Å². The molecule has 0 unspecified atom stereocenters. The van der Waals surface area contributed by atoms with Gasteiger partial charge in [-0.1, -0.05) is 67.6 Å². The molecule has 0 bridgehead atoms. The first-order chi connectivity index (χ1) is 14.5. The highest BCUT2D eigenvalue weighted by molar-refractivity contribution is 6.08. The zero-order chi connectivity index (χ0) is 21.6. The van der Waals surface area contributed by atoms with Gasteiger partial charge in [0.2, 0.25) is 0 Å². The number of hydrogen-bond acceptors (Lipinski definition) is 5. The number of imide groups is 1. The molecule has 0 aromatic heterocycles. The Morgan fingerprint density at radius 3 is 2.33 bits per heavy atom. The minimum Gasteiger partial charge on any atom is -0.452 e. The van der Waals surface area contributed by atoms with Crippen LogP contribution in [0.3, 0.4) is 0 Å². The van der Waals surface area contributed by atoms with E-state index in [1.54, 1.807) is 55.5 Å². The average molecular weight is 407 g/mol. The fourth-order valence-electron chi connectivity index (χ4n) is 3.11. The summed E-state index contributed by atoms with van der Waals surface area (Å²) in [4.78, 5) is 49.1. The monoisotopic (exact) mass is 407 g/mol. The van der Waals surface area contributed by atoms with Gasteiger partial charge in [-0.05, 0) is 23.6 Å². The lowest BCUT2D eigenvalue weighted by Crippen LogP contribution is -2.49. The molecule has 8 heteroatoms. The molecule has 1 saturated heterocycles. The van der Waals surface area contributed by atoms with Gasteiger partial charge in [-0.25, -0.2) is 9.59 Å². The lowest BCUT2D eigenvalue weighted by atomic mass is 9.87. The molecule has 30 heavy (non-hydrogen) atoms. The average Bonchev–Trinajstić information content (AvgIpc) is 3.02. The first-order valence-electron chi connectivity index (χ1n) is 9.38. The Hall–Kier alpha value is -3.94. The number of nitrogens with one attached hydrogen (secondary N) is 2. The van der Waals surface area contributed by atoms with Gasteiger partial charge in [0.05, 0.1) is 0 Å².